The van der Waals surface area contributed by atoms with Crippen LogP contribution < -0.4 is 10.6 Å². The fourth-order valence-corrected chi connectivity index (χ4v) is 2.00. The van der Waals surface area contributed by atoms with Crippen LogP contribution in [0.3, 0.4) is 0 Å². The van der Waals surface area contributed by atoms with E-state index in [9.17, 15) is 9.59 Å². The van der Waals surface area contributed by atoms with Gasteiger partial charge in [0.25, 0.3) is 0 Å². The molecule has 0 aromatic heterocycles. The van der Waals surface area contributed by atoms with Gasteiger partial charge in [-0.05, 0) is 31.8 Å². The van der Waals surface area contributed by atoms with Gasteiger partial charge in [0.1, 0.15) is 0 Å². The van der Waals surface area contributed by atoms with Crippen molar-refractivity contribution >= 4 is 11.8 Å². The van der Waals surface area contributed by atoms with E-state index < -0.39 is 0 Å². The van der Waals surface area contributed by atoms with Gasteiger partial charge in [-0.3, -0.25) is 9.59 Å². The molecule has 0 aromatic carbocycles. The molecule has 4 heteroatoms. The summed E-state index contributed by atoms with van der Waals surface area (Å²) in [5.74, 6) is -0.140. The van der Waals surface area contributed by atoms with Gasteiger partial charge in [0.15, 0.2) is 0 Å². The number of carbonyl (C=O) groups is 2. The molecule has 1 aliphatic rings. The summed E-state index contributed by atoms with van der Waals surface area (Å²) >= 11 is 0. The first-order chi connectivity index (χ1) is 7.11. The largest absolute Gasteiger partial charge is 0.354 e. The normalized spacial score (nSPS) is 25.4. The Kier molecular flexibility index (Phi) is 4.34. The second-order valence-electron chi connectivity index (χ2n) is 3.97. The molecule has 0 bridgehead atoms. The van der Waals surface area contributed by atoms with Crippen LogP contribution in [0.5, 0.6) is 0 Å². The summed E-state index contributed by atoms with van der Waals surface area (Å²) in [5.41, 5.74) is 0. The first kappa shape index (κ1) is 11.8. The van der Waals surface area contributed by atoms with Gasteiger partial charge in [0.05, 0.1) is 0 Å². The van der Waals surface area contributed by atoms with Crippen LogP contribution in [0.25, 0.3) is 0 Å². The SMILES string of the molecule is C=CC(=O)NC1CCCC(NC(C)=O)C1. The van der Waals surface area contributed by atoms with Crippen molar-refractivity contribution in [2.45, 2.75) is 44.7 Å². The number of amides is 2. The summed E-state index contributed by atoms with van der Waals surface area (Å²) in [6, 6.07) is 0.368. The Balaban J connectivity index is 2.38. The Morgan fingerprint density at radius 1 is 1.27 bits per heavy atom. The molecule has 0 aromatic rings. The zero-order valence-corrected chi connectivity index (χ0v) is 9.08. The van der Waals surface area contributed by atoms with E-state index in [4.69, 9.17) is 0 Å². The zero-order chi connectivity index (χ0) is 11.3. The molecule has 2 N–H and O–H groups in total. The minimum Gasteiger partial charge on any atom is -0.354 e. The molecule has 1 rings (SSSR count). The topological polar surface area (TPSA) is 58.2 Å². The molecule has 2 unspecified atom stereocenters. The van der Waals surface area contributed by atoms with Crippen molar-refractivity contribution in [3.8, 4) is 0 Å². The summed E-state index contributed by atoms with van der Waals surface area (Å²) in [6.45, 7) is 4.93. The molecule has 0 radical (unpaired) electrons. The summed E-state index contributed by atoms with van der Waals surface area (Å²) < 4.78 is 0. The van der Waals surface area contributed by atoms with Crippen molar-refractivity contribution in [2.24, 2.45) is 0 Å². The number of hydrogen-bond acceptors (Lipinski definition) is 2. The molecule has 15 heavy (non-hydrogen) atoms. The predicted molar refractivity (Wildman–Crippen MR) is 58.2 cm³/mol. The smallest absolute Gasteiger partial charge is 0.243 e. The van der Waals surface area contributed by atoms with Crippen molar-refractivity contribution < 1.29 is 9.59 Å². The lowest BCUT2D eigenvalue weighted by Crippen LogP contribution is -2.44. The van der Waals surface area contributed by atoms with Crippen molar-refractivity contribution in [1.82, 2.24) is 10.6 Å². The van der Waals surface area contributed by atoms with Crippen molar-refractivity contribution in [1.29, 1.82) is 0 Å². The summed E-state index contributed by atoms with van der Waals surface area (Å²) in [4.78, 5) is 22.0. The van der Waals surface area contributed by atoms with Gasteiger partial charge in [-0.2, -0.15) is 0 Å². The minimum absolute atomic E-state index is 0.00398. The zero-order valence-electron chi connectivity index (χ0n) is 9.08. The lowest BCUT2D eigenvalue weighted by atomic mass is 9.91. The molecule has 0 saturated heterocycles. The highest BCUT2D eigenvalue weighted by molar-refractivity contribution is 5.87. The van der Waals surface area contributed by atoms with Crippen LogP contribution in [0.15, 0.2) is 12.7 Å². The van der Waals surface area contributed by atoms with Crippen LogP contribution in [0.1, 0.15) is 32.6 Å². The first-order valence-corrected chi connectivity index (χ1v) is 5.32. The lowest BCUT2D eigenvalue weighted by molar-refractivity contribution is -0.119. The highest BCUT2D eigenvalue weighted by atomic mass is 16.2. The van der Waals surface area contributed by atoms with Crippen LogP contribution >= 0.6 is 0 Å². The Morgan fingerprint density at radius 2 is 1.87 bits per heavy atom. The highest BCUT2D eigenvalue weighted by Crippen LogP contribution is 2.18. The van der Waals surface area contributed by atoms with Crippen LogP contribution in [-0.4, -0.2) is 23.9 Å². The van der Waals surface area contributed by atoms with Crippen LogP contribution in [-0.2, 0) is 9.59 Å². The third kappa shape index (κ3) is 4.14. The fourth-order valence-electron chi connectivity index (χ4n) is 2.00. The second kappa shape index (κ2) is 5.53. The third-order valence-corrected chi connectivity index (χ3v) is 2.61. The molecular weight excluding hydrogens is 192 g/mol. The third-order valence-electron chi connectivity index (χ3n) is 2.61. The van der Waals surface area contributed by atoms with Gasteiger partial charge < -0.3 is 10.6 Å². The van der Waals surface area contributed by atoms with Crippen LogP contribution in [0.4, 0.5) is 0 Å². The predicted octanol–water partition coefficient (Wildman–Crippen LogP) is 0.736. The Morgan fingerprint density at radius 3 is 2.40 bits per heavy atom. The van der Waals surface area contributed by atoms with Crippen LogP contribution in [0, 0.1) is 0 Å². The van der Waals surface area contributed by atoms with E-state index >= 15 is 0 Å². The molecule has 1 fully saturated rings. The van der Waals surface area contributed by atoms with Crippen LogP contribution in [0.2, 0.25) is 0 Å². The Bertz CT molecular complexity index is 263. The minimum atomic E-state index is -0.136. The summed E-state index contributed by atoms with van der Waals surface area (Å²) in [7, 11) is 0. The quantitative estimate of drug-likeness (QED) is 0.675. The molecule has 1 aliphatic carbocycles. The molecule has 2 amide bonds. The molecule has 2 atom stereocenters. The van der Waals surface area contributed by atoms with Gasteiger partial charge in [0, 0.05) is 19.0 Å². The number of rotatable bonds is 3. The average molecular weight is 210 g/mol. The van der Waals surface area contributed by atoms with Crippen molar-refractivity contribution in [3.05, 3.63) is 12.7 Å². The molecule has 84 valence electrons. The van der Waals surface area contributed by atoms with E-state index in [0.717, 1.165) is 25.7 Å². The fraction of sp³-hybridized carbons (Fsp3) is 0.636. The van der Waals surface area contributed by atoms with Crippen molar-refractivity contribution in [2.75, 3.05) is 0 Å². The maximum Gasteiger partial charge on any atom is 0.243 e. The number of hydrogen-bond donors (Lipinski definition) is 2. The van der Waals surface area contributed by atoms with E-state index in [-0.39, 0.29) is 23.9 Å². The molecule has 0 aliphatic heterocycles. The summed E-state index contributed by atoms with van der Waals surface area (Å²) in [6.07, 6.45) is 5.11. The Labute approximate surface area is 90.1 Å². The van der Waals surface area contributed by atoms with E-state index in [2.05, 4.69) is 17.2 Å². The van der Waals surface area contributed by atoms with E-state index in [0.29, 0.717) is 0 Å². The van der Waals surface area contributed by atoms with Gasteiger partial charge in [0.2, 0.25) is 11.8 Å². The molecule has 4 nitrogen and oxygen atoms in total. The standard InChI is InChI=1S/C11H18N2O2/c1-3-11(15)13-10-6-4-5-9(7-10)12-8(2)14/h3,9-10H,1,4-7H2,2H3,(H,12,14)(H,13,15). The van der Waals surface area contributed by atoms with E-state index in [1.165, 1.54) is 13.0 Å². The summed E-state index contributed by atoms with van der Waals surface area (Å²) in [5, 5.41) is 5.75. The molecular formula is C11H18N2O2. The molecule has 0 spiro atoms. The van der Waals surface area contributed by atoms with Crippen molar-refractivity contribution in [3.63, 3.8) is 0 Å². The number of carbonyl (C=O) groups excluding carboxylic acids is 2. The van der Waals surface area contributed by atoms with Gasteiger partial charge in [-0.1, -0.05) is 6.58 Å². The van der Waals surface area contributed by atoms with E-state index in [1.54, 1.807) is 0 Å². The number of nitrogens with one attached hydrogen (secondary N) is 2. The highest BCUT2D eigenvalue weighted by Gasteiger charge is 2.22. The monoisotopic (exact) mass is 210 g/mol. The second-order valence-corrected chi connectivity index (χ2v) is 3.97. The Hall–Kier alpha value is -1.32. The average Bonchev–Trinajstić information content (AvgIpc) is 2.17. The molecule has 1 saturated carbocycles. The van der Waals surface area contributed by atoms with Gasteiger partial charge in [-0.25, -0.2) is 0 Å². The molecule has 0 heterocycles. The first-order valence-electron chi connectivity index (χ1n) is 5.32. The van der Waals surface area contributed by atoms with Gasteiger partial charge >= 0.3 is 0 Å². The maximum absolute atomic E-state index is 11.1. The maximum atomic E-state index is 11.1. The van der Waals surface area contributed by atoms with Gasteiger partial charge in [-0.15, -0.1) is 0 Å². The van der Waals surface area contributed by atoms with E-state index in [1.807, 2.05) is 0 Å². The lowest BCUT2D eigenvalue weighted by Gasteiger charge is -2.29.